The lowest BCUT2D eigenvalue weighted by atomic mass is 10.1. The lowest BCUT2D eigenvalue weighted by Crippen LogP contribution is -2.35. The SMILES string of the molecule is CCOC(=O)CN(CC(=O)OCC)Cc1cc(OC)ccc1O. The second-order valence-corrected chi connectivity index (χ2v) is 4.75. The minimum atomic E-state index is -0.445. The molecule has 0 atom stereocenters. The number of aromatic hydroxyl groups is 1. The minimum absolute atomic E-state index is 0.0588. The molecular formula is C16H23NO6. The van der Waals surface area contributed by atoms with Gasteiger partial charge in [0.05, 0.1) is 33.4 Å². The molecule has 0 saturated carbocycles. The summed E-state index contributed by atoms with van der Waals surface area (Å²) in [6, 6.07) is 4.78. The summed E-state index contributed by atoms with van der Waals surface area (Å²) in [5.41, 5.74) is 0.540. The standard InChI is InChI=1S/C16H23NO6/c1-4-22-15(19)10-17(11-16(20)23-5-2)9-12-8-13(21-3)6-7-14(12)18/h6-8,18H,4-5,9-11H2,1-3H3. The molecule has 0 spiro atoms. The first kappa shape index (κ1) is 18.8. The van der Waals surface area contributed by atoms with Crippen molar-refractivity contribution in [3.8, 4) is 11.5 Å². The van der Waals surface area contributed by atoms with Gasteiger partial charge in [0, 0.05) is 12.1 Å². The number of esters is 2. The van der Waals surface area contributed by atoms with Crippen molar-refractivity contribution in [1.29, 1.82) is 0 Å². The van der Waals surface area contributed by atoms with Crippen LogP contribution in [0.25, 0.3) is 0 Å². The van der Waals surface area contributed by atoms with E-state index in [-0.39, 0.29) is 38.6 Å². The highest BCUT2D eigenvalue weighted by atomic mass is 16.5. The Hall–Kier alpha value is -2.28. The highest BCUT2D eigenvalue weighted by Gasteiger charge is 2.18. The summed E-state index contributed by atoms with van der Waals surface area (Å²) in [6.45, 7) is 3.96. The quantitative estimate of drug-likeness (QED) is 0.686. The Morgan fingerprint density at radius 1 is 1.09 bits per heavy atom. The first-order valence-electron chi connectivity index (χ1n) is 7.39. The predicted molar refractivity (Wildman–Crippen MR) is 83.2 cm³/mol. The summed E-state index contributed by atoms with van der Waals surface area (Å²) in [5, 5.41) is 9.94. The molecule has 0 amide bonds. The molecule has 0 aliphatic rings. The molecule has 128 valence electrons. The lowest BCUT2D eigenvalue weighted by molar-refractivity contribution is -0.148. The Morgan fingerprint density at radius 3 is 2.13 bits per heavy atom. The zero-order chi connectivity index (χ0) is 17.2. The predicted octanol–water partition coefficient (Wildman–Crippen LogP) is 1.33. The lowest BCUT2D eigenvalue weighted by Gasteiger charge is -2.21. The van der Waals surface area contributed by atoms with Gasteiger partial charge in [-0.15, -0.1) is 0 Å². The molecule has 1 rings (SSSR count). The first-order chi connectivity index (χ1) is 11.0. The number of rotatable bonds is 9. The molecule has 0 aliphatic heterocycles. The molecule has 0 saturated heterocycles. The van der Waals surface area contributed by atoms with Crippen molar-refractivity contribution in [2.75, 3.05) is 33.4 Å². The van der Waals surface area contributed by atoms with Gasteiger partial charge in [0.25, 0.3) is 0 Å². The van der Waals surface area contributed by atoms with E-state index in [1.165, 1.54) is 13.2 Å². The van der Waals surface area contributed by atoms with Crippen LogP contribution < -0.4 is 4.74 Å². The van der Waals surface area contributed by atoms with Gasteiger partial charge in [0.15, 0.2) is 0 Å². The van der Waals surface area contributed by atoms with Gasteiger partial charge in [-0.25, -0.2) is 0 Å². The number of carbonyl (C=O) groups is 2. The van der Waals surface area contributed by atoms with Crippen molar-refractivity contribution in [3.05, 3.63) is 23.8 Å². The van der Waals surface area contributed by atoms with Crippen LogP contribution in [0.1, 0.15) is 19.4 Å². The van der Waals surface area contributed by atoms with E-state index in [0.29, 0.717) is 11.3 Å². The van der Waals surface area contributed by atoms with Crippen molar-refractivity contribution in [2.45, 2.75) is 20.4 Å². The fourth-order valence-electron chi connectivity index (χ4n) is 2.00. The third kappa shape index (κ3) is 6.56. The van der Waals surface area contributed by atoms with E-state index in [4.69, 9.17) is 14.2 Å². The fourth-order valence-corrected chi connectivity index (χ4v) is 2.00. The summed E-state index contributed by atoms with van der Waals surface area (Å²) in [5.74, 6) is -0.257. The highest BCUT2D eigenvalue weighted by molar-refractivity contribution is 5.75. The molecule has 0 radical (unpaired) electrons. The molecule has 7 nitrogen and oxygen atoms in total. The largest absolute Gasteiger partial charge is 0.508 e. The molecule has 7 heteroatoms. The Balaban J connectivity index is 2.86. The van der Waals surface area contributed by atoms with E-state index in [1.54, 1.807) is 30.9 Å². The summed E-state index contributed by atoms with van der Waals surface area (Å²) < 4.78 is 14.9. The monoisotopic (exact) mass is 325 g/mol. The van der Waals surface area contributed by atoms with Crippen LogP contribution in [-0.2, 0) is 25.6 Å². The van der Waals surface area contributed by atoms with E-state index < -0.39 is 11.9 Å². The molecular weight excluding hydrogens is 302 g/mol. The van der Waals surface area contributed by atoms with Crippen molar-refractivity contribution >= 4 is 11.9 Å². The average Bonchev–Trinajstić information content (AvgIpc) is 2.49. The van der Waals surface area contributed by atoms with E-state index >= 15 is 0 Å². The van der Waals surface area contributed by atoms with Gasteiger partial charge in [0.1, 0.15) is 11.5 Å². The van der Waals surface area contributed by atoms with Crippen LogP contribution in [0, 0.1) is 0 Å². The number of nitrogens with zero attached hydrogens (tertiary/aromatic N) is 1. The van der Waals surface area contributed by atoms with Crippen LogP contribution >= 0.6 is 0 Å². The maximum absolute atomic E-state index is 11.7. The van der Waals surface area contributed by atoms with Gasteiger partial charge in [-0.1, -0.05) is 0 Å². The van der Waals surface area contributed by atoms with Gasteiger partial charge in [0.2, 0.25) is 0 Å². The molecule has 1 aromatic carbocycles. The van der Waals surface area contributed by atoms with Crippen LogP contribution in [-0.4, -0.2) is 55.4 Å². The van der Waals surface area contributed by atoms with Crippen molar-refractivity contribution in [1.82, 2.24) is 4.90 Å². The summed E-state index contributed by atoms with van der Waals surface area (Å²) >= 11 is 0. The third-order valence-electron chi connectivity index (χ3n) is 3.00. The molecule has 0 unspecified atom stereocenters. The number of ether oxygens (including phenoxy) is 3. The molecule has 23 heavy (non-hydrogen) atoms. The van der Waals surface area contributed by atoms with Gasteiger partial charge in [-0.3, -0.25) is 14.5 Å². The Labute approximate surface area is 135 Å². The fraction of sp³-hybridized carbons (Fsp3) is 0.500. The molecule has 0 bridgehead atoms. The first-order valence-corrected chi connectivity index (χ1v) is 7.39. The molecule has 0 fully saturated rings. The number of benzene rings is 1. The Morgan fingerprint density at radius 2 is 1.65 bits per heavy atom. The maximum Gasteiger partial charge on any atom is 0.320 e. The van der Waals surface area contributed by atoms with Gasteiger partial charge in [-0.2, -0.15) is 0 Å². The van der Waals surface area contributed by atoms with Crippen molar-refractivity contribution < 1.29 is 28.9 Å². The normalized spacial score (nSPS) is 10.4. The molecule has 1 N–H and O–H groups in total. The minimum Gasteiger partial charge on any atom is -0.508 e. The van der Waals surface area contributed by atoms with Gasteiger partial charge < -0.3 is 19.3 Å². The number of phenolic OH excluding ortho intramolecular Hbond substituents is 1. The smallest absolute Gasteiger partial charge is 0.320 e. The zero-order valence-corrected chi connectivity index (χ0v) is 13.7. The molecule has 0 aliphatic carbocycles. The van der Waals surface area contributed by atoms with E-state index in [2.05, 4.69) is 0 Å². The molecule has 0 heterocycles. The van der Waals surface area contributed by atoms with E-state index in [9.17, 15) is 14.7 Å². The maximum atomic E-state index is 11.7. The Kier molecular flexibility index (Phi) is 7.90. The topological polar surface area (TPSA) is 85.3 Å². The highest BCUT2D eigenvalue weighted by Crippen LogP contribution is 2.24. The van der Waals surface area contributed by atoms with E-state index in [0.717, 1.165) is 0 Å². The van der Waals surface area contributed by atoms with Crippen LogP contribution in [0.3, 0.4) is 0 Å². The second-order valence-electron chi connectivity index (χ2n) is 4.75. The average molecular weight is 325 g/mol. The van der Waals surface area contributed by atoms with E-state index in [1.807, 2.05) is 0 Å². The Bertz CT molecular complexity index is 511. The number of phenols is 1. The zero-order valence-electron chi connectivity index (χ0n) is 13.7. The summed E-state index contributed by atoms with van der Waals surface area (Å²) in [7, 11) is 1.52. The van der Waals surface area contributed by atoms with Crippen LogP contribution in [0.5, 0.6) is 11.5 Å². The second kappa shape index (κ2) is 9.68. The van der Waals surface area contributed by atoms with Crippen LogP contribution in [0.15, 0.2) is 18.2 Å². The van der Waals surface area contributed by atoms with Crippen molar-refractivity contribution in [2.24, 2.45) is 0 Å². The van der Waals surface area contributed by atoms with Crippen LogP contribution in [0.2, 0.25) is 0 Å². The summed E-state index contributed by atoms with van der Waals surface area (Å²) in [4.78, 5) is 24.9. The van der Waals surface area contributed by atoms with Gasteiger partial charge in [-0.05, 0) is 32.0 Å². The van der Waals surface area contributed by atoms with Crippen LogP contribution in [0.4, 0.5) is 0 Å². The van der Waals surface area contributed by atoms with Crippen molar-refractivity contribution in [3.63, 3.8) is 0 Å². The third-order valence-corrected chi connectivity index (χ3v) is 3.00. The summed E-state index contributed by atoms with van der Waals surface area (Å²) in [6.07, 6.45) is 0. The number of hydrogen-bond donors (Lipinski definition) is 1. The molecule has 0 aromatic heterocycles. The number of carbonyl (C=O) groups excluding carboxylic acids is 2. The van der Waals surface area contributed by atoms with Gasteiger partial charge >= 0.3 is 11.9 Å². The number of methoxy groups -OCH3 is 1. The molecule has 1 aromatic rings. The number of hydrogen-bond acceptors (Lipinski definition) is 7.